The number of benzene rings is 1. The number of carbonyl (C=O) groups excluding carboxylic acids is 1. The second-order valence-corrected chi connectivity index (χ2v) is 7.43. The molecule has 3 aromatic rings. The molecule has 126 valence electrons. The van der Waals surface area contributed by atoms with Crippen molar-refractivity contribution >= 4 is 33.1 Å². The molecule has 25 heavy (non-hydrogen) atoms. The van der Waals surface area contributed by atoms with Gasteiger partial charge in [-0.2, -0.15) is 0 Å². The molecule has 0 saturated heterocycles. The fraction of sp³-hybridized carbons (Fsp3) is 0.263. The van der Waals surface area contributed by atoms with Crippen molar-refractivity contribution in [1.29, 1.82) is 0 Å². The number of hydrogen-bond donors (Lipinski definition) is 2. The number of amides is 1. The lowest BCUT2D eigenvalue weighted by molar-refractivity contribution is 0.0940. The van der Waals surface area contributed by atoms with Crippen LogP contribution in [0.1, 0.15) is 39.1 Å². The number of carbonyl (C=O) groups is 1. The Morgan fingerprint density at radius 1 is 1.20 bits per heavy atom. The third-order valence-corrected chi connectivity index (χ3v) is 6.03. The highest BCUT2D eigenvalue weighted by Gasteiger charge is 2.30. The first-order valence-corrected chi connectivity index (χ1v) is 9.21. The van der Waals surface area contributed by atoms with Gasteiger partial charge >= 0.3 is 0 Å². The van der Waals surface area contributed by atoms with Crippen LogP contribution in [-0.4, -0.2) is 18.0 Å². The third kappa shape index (κ3) is 2.28. The summed E-state index contributed by atoms with van der Waals surface area (Å²) < 4.78 is 5.21. The summed E-state index contributed by atoms with van der Waals surface area (Å²) in [4.78, 5) is 19.1. The van der Waals surface area contributed by atoms with E-state index in [0.29, 0.717) is 0 Å². The van der Waals surface area contributed by atoms with Crippen LogP contribution in [0.25, 0.3) is 10.2 Å². The summed E-state index contributed by atoms with van der Waals surface area (Å²) in [5.41, 5.74) is 4.42. The SMILES string of the molecule is COc1ccc([C@H]2NC(=O)c3sc4nc5c(cc4c3N2)CCC5)cc1. The lowest BCUT2D eigenvalue weighted by Gasteiger charge is -2.26. The molecule has 0 fully saturated rings. The zero-order valence-corrected chi connectivity index (χ0v) is 14.6. The summed E-state index contributed by atoms with van der Waals surface area (Å²) in [6, 6.07) is 9.95. The number of methoxy groups -OCH3 is 1. The Bertz CT molecular complexity index is 994. The third-order valence-electron chi connectivity index (χ3n) is 4.93. The van der Waals surface area contributed by atoms with Gasteiger partial charge in [-0.15, -0.1) is 11.3 Å². The number of anilines is 1. The van der Waals surface area contributed by atoms with Crippen LogP contribution in [0, 0.1) is 0 Å². The normalized spacial score (nSPS) is 18.4. The van der Waals surface area contributed by atoms with Gasteiger partial charge in [-0.05, 0) is 48.6 Å². The molecule has 0 radical (unpaired) electrons. The lowest BCUT2D eigenvalue weighted by atomic mass is 10.1. The summed E-state index contributed by atoms with van der Waals surface area (Å²) in [5, 5.41) is 7.59. The van der Waals surface area contributed by atoms with Crippen LogP contribution in [0.5, 0.6) is 5.75 Å². The van der Waals surface area contributed by atoms with Crippen LogP contribution in [0.15, 0.2) is 30.3 Å². The highest BCUT2D eigenvalue weighted by molar-refractivity contribution is 7.21. The summed E-state index contributed by atoms with van der Waals surface area (Å²) in [6.07, 6.45) is 3.04. The molecule has 0 bridgehead atoms. The summed E-state index contributed by atoms with van der Waals surface area (Å²) in [7, 11) is 1.64. The van der Waals surface area contributed by atoms with Crippen molar-refractivity contribution in [2.45, 2.75) is 25.4 Å². The van der Waals surface area contributed by atoms with Crippen molar-refractivity contribution in [3.8, 4) is 5.75 Å². The van der Waals surface area contributed by atoms with Crippen LogP contribution in [0.2, 0.25) is 0 Å². The van der Waals surface area contributed by atoms with E-state index in [1.807, 2.05) is 24.3 Å². The molecule has 1 aromatic carbocycles. The molecule has 2 aliphatic rings. The predicted molar refractivity (Wildman–Crippen MR) is 98.5 cm³/mol. The Morgan fingerprint density at radius 2 is 2.04 bits per heavy atom. The molecule has 1 amide bonds. The van der Waals surface area contributed by atoms with Crippen LogP contribution >= 0.6 is 11.3 Å². The van der Waals surface area contributed by atoms with E-state index in [2.05, 4.69) is 16.7 Å². The van der Waals surface area contributed by atoms with E-state index in [0.717, 1.165) is 44.9 Å². The Morgan fingerprint density at radius 3 is 2.84 bits per heavy atom. The van der Waals surface area contributed by atoms with Gasteiger partial charge < -0.3 is 15.4 Å². The van der Waals surface area contributed by atoms with E-state index >= 15 is 0 Å². The number of hydrogen-bond acceptors (Lipinski definition) is 5. The Labute approximate surface area is 149 Å². The maximum absolute atomic E-state index is 12.6. The average Bonchev–Trinajstić information content (AvgIpc) is 3.24. The second kappa shape index (κ2) is 5.46. The van der Waals surface area contributed by atoms with E-state index in [-0.39, 0.29) is 12.1 Å². The molecule has 1 atom stereocenters. The molecule has 2 aromatic heterocycles. The minimum Gasteiger partial charge on any atom is -0.497 e. The van der Waals surface area contributed by atoms with Crippen molar-refractivity contribution in [1.82, 2.24) is 10.3 Å². The Kier molecular flexibility index (Phi) is 3.21. The number of fused-ring (bicyclic) bond motifs is 4. The Balaban J connectivity index is 1.57. The van der Waals surface area contributed by atoms with Gasteiger partial charge in [0.05, 0.1) is 12.8 Å². The first kappa shape index (κ1) is 14.7. The minimum atomic E-state index is -0.253. The molecule has 5 nitrogen and oxygen atoms in total. The first-order chi connectivity index (χ1) is 12.2. The van der Waals surface area contributed by atoms with Gasteiger partial charge in [0.15, 0.2) is 0 Å². The van der Waals surface area contributed by atoms with Crippen LogP contribution < -0.4 is 15.4 Å². The van der Waals surface area contributed by atoms with E-state index in [9.17, 15) is 4.79 Å². The predicted octanol–water partition coefficient (Wildman–Crippen LogP) is 3.65. The van der Waals surface area contributed by atoms with Crippen LogP contribution in [0.4, 0.5) is 5.69 Å². The van der Waals surface area contributed by atoms with Gasteiger partial charge in [-0.3, -0.25) is 4.79 Å². The van der Waals surface area contributed by atoms with E-state index < -0.39 is 0 Å². The number of aromatic nitrogens is 1. The fourth-order valence-corrected chi connectivity index (χ4v) is 4.67. The molecular weight excluding hydrogens is 334 g/mol. The largest absolute Gasteiger partial charge is 0.497 e. The number of nitrogens with zero attached hydrogens (tertiary/aromatic N) is 1. The molecule has 6 heteroatoms. The van der Waals surface area contributed by atoms with Gasteiger partial charge in [0, 0.05) is 11.1 Å². The topological polar surface area (TPSA) is 63.2 Å². The highest BCUT2D eigenvalue weighted by atomic mass is 32.1. The van der Waals surface area contributed by atoms with Crippen molar-refractivity contribution < 1.29 is 9.53 Å². The molecule has 3 heterocycles. The lowest BCUT2D eigenvalue weighted by Crippen LogP contribution is -2.37. The summed E-state index contributed by atoms with van der Waals surface area (Å²) in [5.74, 6) is 0.755. The fourth-order valence-electron chi connectivity index (χ4n) is 3.62. The average molecular weight is 351 g/mol. The van der Waals surface area contributed by atoms with Gasteiger partial charge in [0.2, 0.25) is 0 Å². The zero-order chi connectivity index (χ0) is 17.0. The van der Waals surface area contributed by atoms with Gasteiger partial charge in [-0.1, -0.05) is 12.1 Å². The molecule has 0 spiro atoms. The maximum Gasteiger partial charge on any atom is 0.265 e. The van der Waals surface area contributed by atoms with E-state index in [1.165, 1.54) is 29.0 Å². The number of aryl methyl sites for hydroxylation is 2. The van der Waals surface area contributed by atoms with Crippen molar-refractivity contribution in [3.05, 3.63) is 52.0 Å². The first-order valence-electron chi connectivity index (χ1n) is 8.39. The number of pyridine rings is 1. The van der Waals surface area contributed by atoms with E-state index in [1.54, 1.807) is 7.11 Å². The van der Waals surface area contributed by atoms with Gasteiger partial charge in [0.1, 0.15) is 21.6 Å². The molecule has 2 N–H and O–H groups in total. The number of thiophene rings is 1. The second-order valence-electron chi connectivity index (χ2n) is 6.43. The van der Waals surface area contributed by atoms with Crippen molar-refractivity contribution in [2.24, 2.45) is 0 Å². The molecule has 1 aliphatic heterocycles. The zero-order valence-electron chi connectivity index (χ0n) is 13.8. The number of rotatable bonds is 2. The highest BCUT2D eigenvalue weighted by Crippen LogP contribution is 2.41. The van der Waals surface area contributed by atoms with Gasteiger partial charge in [-0.25, -0.2) is 4.98 Å². The van der Waals surface area contributed by atoms with Crippen molar-refractivity contribution in [3.63, 3.8) is 0 Å². The smallest absolute Gasteiger partial charge is 0.265 e. The minimum absolute atomic E-state index is 0.0438. The number of ether oxygens (including phenoxy) is 1. The molecule has 5 rings (SSSR count). The standard InChI is InChI=1S/C19H17N3O2S/c1-24-12-7-5-10(6-8-12)17-21-15-13-9-11-3-2-4-14(11)20-19(13)25-16(15)18(23)22-17/h5-9,17,21H,2-4H2,1H3,(H,22,23)/t17-/m1/s1. The quantitative estimate of drug-likeness (QED) is 0.740. The summed E-state index contributed by atoms with van der Waals surface area (Å²) in [6.45, 7) is 0. The molecule has 0 saturated carbocycles. The van der Waals surface area contributed by atoms with Crippen molar-refractivity contribution in [2.75, 3.05) is 12.4 Å². The van der Waals surface area contributed by atoms with Crippen LogP contribution in [-0.2, 0) is 12.8 Å². The van der Waals surface area contributed by atoms with Gasteiger partial charge in [0.25, 0.3) is 5.91 Å². The molecule has 1 aliphatic carbocycles. The molecule has 0 unspecified atom stereocenters. The van der Waals surface area contributed by atoms with E-state index in [4.69, 9.17) is 9.72 Å². The maximum atomic E-state index is 12.6. The molecular formula is C19H17N3O2S. The number of nitrogens with one attached hydrogen (secondary N) is 2. The van der Waals surface area contributed by atoms with Crippen LogP contribution in [0.3, 0.4) is 0 Å². The summed E-state index contributed by atoms with van der Waals surface area (Å²) >= 11 is 1.47. The Hall–Kier alpha value is -2.60. The monoisotopic (exact) mass is 351 g/mol.